The van der Waals surface area contributed by atoms with Gasteiger partial charge in [-0.25, -0.2) is 0 Å². The molecule has 0 nitrogen and oxygen atoms in total. The number of hydrogen-bond acceptors (Lipinski definition) is 0. The Morgan fingerprint density at radius 3 is 0.457 bits per heavy atom. The zero-order valence-corrected chi connectivity index (χ0v) is 86.4. The molecular formula is C129H220. The molecule has 34 fully saturated rings. The van der Waals surface area contributed by atoms with Crippen molar-refractivity contribution in [3.05, 3.63) is 0 Å². The minimum absolute atomic E-state index is 0.858. The fraction of sp³-hybridized carbons (Fsp3) is 1.00. The summed E-state index contributed by atoms with van der Waals surface area (Å²) in [6.45, 7) is 0. The molecule has 34 aliphatic rings. The quantitative estimate of drug-likeness (QED) is 0.227. The minimum atomic E-state index is 0.858. The van der Waals surface area contributed by atoms with Crippen LogP contribution < -0.4 is 0 Å². The third-order valence-electron chi connectivity index (χ3n) is 49.7. The molecule has 0 aromatic heterocycles. The molecule has 0 heteroatoms. The Hall–Kier alpha value is 0. The lowest BCUT2D eigenvalue weighted by atomic mass is 9.48. The van der Waals surface area contributed by atoms with Crippen LogP contribution in [0.15, 0.2) is 0 Å². The van der Waals surface area contributed by atoms with Gasteiger partial charge in [0.2, 0.25) is 0 Å². The molecule has 0 radical (unpaired) electrons. The average molecular weight is 1770 g/mol. The van der Waals surface area contributed by atoms with Crippen molar-refractivity contribution in [1.82, 2.24) is 0 Å². The molecule has 129 heavy (non-hydrogen) atoms. The topological polar surface area (TPSA) is 0 Å². The first kappa shape index (κ1) is 96.5. The summed E-state index contributed by atoms with van der Waals surface area (Å²) >= 11 is 0. The van der Waals surface area contributed by atoms with Gasteiger partial charge in [0.1, 0.15) is 0 Å². The predicted molar refractivity (Wildman–Crippen MR) is 553 cm³/mol. The first-order valence-corrected chi connectivity index (χ1v) is 63.7. The summed E-state index contributed by atoms with van der Waals surface area (Å²) in [6, 6.07) is 0. The maximum absolute atomic E-state index is 1.64. The van der Waals surface area contributed by atoms with Crippen molar-refractivity contribution in [2.45, 2.75) is 604 Å². The van der Waals surface area contributed by atoms with Crippen molar-refractivity contribution in [3.8, 4) is 0 Å². The van der Waals surface area contributed by atoms with Gasteiger partial charge in [0.15, 0.2) is 0 Å². The van der Waals surface area contributed by atoms with Crippen LogP contribution in [-0.4, -0.2) is 0 Å². The van der Waals surface area contributed by atoms with Crippen molar-refractivity contribution >= 4 is 0 Å². The van der Waals surface area contributed by atoms with Crippen molar-refractivity contribution in [1.29, 1.82) is 0 Å². The van der Waals surface area contributed by atoms with Crippen LogP contribution in [0, 0.1) is 206 Å². The summed E-state index contributed by atoms with van der Waals surface area (Å²) in [4.78, 5) is 0. The van der Waals surface area contributed by atoms with E-state index in [1.165, 1.54) is 240 Å². The van der Waals surface area contributed by atoms with Crippen LogP contribution in [0.25, 0.3) is 0 Å². The van der Waals surface area contributed by atoms with Gasteiger partial charge in [0.25, 0.3) is 0 Å². The highest BCUT2D eigenvalue weighted by Crippen LogP contribution is 2.65. The van der Waals surface area contributed by atoms with E-state index in [2.05, 4.69) is 0 Å². The van der Waals surface area contributed by atoms with E-state index in [9.17, 15) is 0 Å². The van der Waals surface area contributed by atoms with Crippen LogP contribution in [0.1, 0.15) is 604 Å². The number of fused-ring (bicyclic) bond motifs is 26. The van der Waals surface area contributed by atoms with E-state index in [0.29, 0.717) is 0 Å². The lowest BCUT2D eigenvalue weighted by Gasteiger charge is -2.57. The standard InChI is InChI=1S/C22H36.C18H30.C17H28.C11H20.2C10H18.2C8H14.2C7H12.C6H10.C5H8/c1-3-7-17-15(5-1)9-11-21-19(17)13-14-20-18-8-4-2-6-16(18)10-12-22(20)21;1-3-7-15-13(5-1)9-11-18-16-8-4-2-6-14(16)10-12-17(15)18;1-2-6-14-12(4-1)8-10-17-15-7-3-5-13(15)9-11-16(14)17;1-3-7-11(8-4-1)9-5-2-6-10-11;1-2-5-10-7-3-6-9(4-1)8-10;1-2-6-10(7-3-1)8-4-5-9-10;1-2-7-4-5-8(3-1)6-7;1-2-4-8(5-3-1)6-7-8;1-2-7-4-3-6(1)5-7;1-2-6-4-7(3-1)5-6;1-2-6-3-5(1)4-6;1-4-2-5(1)3-4/h15-22H,1-14H2;13-18H,1-12H2;12-17H,1-11H2;1-10H2;9-10H,1-8H2;1-9H2;7-8H,1-6H2;1-7H2;2*6-7H,1-5H2;5-6H,1-4H2;4-5H,1-3H2. The molecule has 24 unspecified atom stereocenters. The lowest BCUT2D eigenvalue weighted by Crippen LogP contribution is -2.49. The van der Waals surface area contributed by atoms with Gasteiger partial charge in [-0.05, 0) is 475 Å². The zero-order valence-electron chi connectivity index (χ0n) is 86.4. The molecule has 0 aromatic rings. The van der Waals surface area contributed by atoms with E-state index in [4.69, 9.17) is 0 Å². The van der Waals surface area contributed by atoms with Gasteiger partial charge < -0.3 is 0 Å². The molecule has 24 atom stereocenters. The van der Waals surface area contributed by atoms with E-state index in [1.54, 1.807) is 482 Å². The Kier molecular flexibility index (Phi) is 35.7. The maximum Gasteiger partial charge on any atom is -0.0297 e. The summed E-state index contributed by atoms with van der Waals surface area (Å²) in [5, 5.41) is 0. The first-order chi connectivity index (χ1) is 63.7. The molecule has 34 rings (SSSR count). The Bertz CT molecular complexity index is 2970. The van der Waals surface area contributed by atoms with Crippen LogP contribution in [-0.2, 0) is 0 Å². The van der Waals surface area contributed by atoms with E-state index >= 15 is 0 Å². The molecule has 0 heterocycles. The van der Waals surface area contributed by atoms with Gasteiger partial charge in [-0.1, -0.05) is 334 Å². The van der Waals surface area contributed by atoms with Gasteiger partial charge in [-0.3, -0.25) is 0 Å². The van der Waals surface area contributed by atoms with Gasteiger partial charge in [0.05, 0.1) is 0 Å². The fourth-order valence-electron chi connectivity index (χ4n) is 42.0. The number of hydrogen-bond donors (Lipinski definition) is 0. The molecule has 12 bridgehead atoms. The summed E-state index contributed by atoms with van der Waals surface area (Å²) in [5.41, 5.74) is 2.66. The van der Waals surface area contributed by atoms with Gasteiger partial charge >= 0.3 is 0 Å². The Balaban J connectivity index is 0.0000000904. The Morgan fingerprint density at radius 2 is 0.233 bits per heavy atom. The highest BCUT2D eigenvalue weighted by atomic mass is 14.6. The molecule has 34 saturated carbocycles. The highest BCUT2D eigenvalue weighted by molar-refractivity contribution is 5.05. The van der Waals surface area contributed by atoms with Crippen LogP contribution >= 0.6 is 0 Å². The average Bonchev–Trinajstić information content (AvgIpc) is 1.68. The third-order valence-corrected chi connectivity index (χ3v) is 49.7. The molecule has 0 N–H and O–H groups in total. The molecular weight excluding hydrogens is 1550 g/mol. The van der Waals surface area contributed by atoms with Crippen LogP contribution in [0.5, 0.6) is 0 Å². The molecule has 736 valence electrons. The normalized spacial score (nSPS) is 46.5. The van der Waals surface area contributed by atoms with Crippen molar-refractivity contribution in [3.63, 3.8) is 0 Å². The van der Waals surface area contributed by atoms with Crippen LogP contribution in [0.4, 0.5) is 0 Å². The van der Waals surface area contributed by atoms with Crippen LogP contribution in [0.3, 0.4) is 0 Å². The van der Waals surface area contributed by atoms with E-state index in [1.807, 2.05) is 0 Å². The summed E-state index contributed by atoms with van der Waals surface area (Å²) < 4.78 is 0. The largest absolute Gasteiger partial charge is 0.0533 e. The fourth-order valence-corrected chi connectivity index (χ4v) is 42.0. The number of rotatable bonds is 0. The van der Waals surface area contributed by atoms with Gasteiger partial charge in [-0.2, -0.15) is 0 Å². The summed E-state index contributed by atoms with van der Waals surface area (Å²) in [7, 11) is 0. The first-order valence-electron chi connectivity index (χ1n) is 63.7. The smallest absolute Gasteiger partial charge is 0.0297 e. The van der Waals surface area contributed by atoms with Crippen molar-refractivity contribution in [2.75, 3.05) is 0 Å². The van der Waals surface area contributed by atoms with Gasteiger partial charge in [0, 0.05) is 0 Å². The summed E-state index contributed by atoms with van der Waals surface area (Å²) in [5.74, 6) is 37.4. The lowest BCUT2D eigenvalue weighted by molar-refractivity contribution is -0.0786. The van der Waals surface area contributed by atoms with E-state index in [0.717, 1.165) is 87.3 Å². The van der Waals surface area contributed by atoms with Crippen molar-refractivity contribution in [2.24, 2.45) is 206 Å². The van der Waals surface area contributed by atoms with Crippen LogP contribution in [0.2, 0.25) is 0 Å². The van der Waals surface area contributed by atoms with E-state index < -0.39 is 0 Å². The minimum Gasteiger partial charge on any atom is -0.0533 e. The molecule has 0 aromatic carbocycles. The molecule has 0 saturated heterocycles. The molecule has 3 spiro atoms. The highest BCUT2D eigenvalue weighted by Gasteiger charge is 2.55. The third kappa shape index (κ3) is 25.4. The van der Waals surface area contributed by atoms with E-state index in [-0.39, 0.29) is 0 Å². The second-order valence-corrected chi connectivity index (χ2v) is 56.8. The SMILES string of the molecule is C1C2CC1C2.C1CC2CC(C1)C2.C1CC2CC1C2.C1CC2CCC(C1)C2.C1CC2CCC1C2.C1CCC2(CC1)CC2.C1CCC2(CC1)CCCC2.C1CCC2(CC1)CCCCC2.C1CCC2C(C1)CCC1C2CCC2C3CCCCC3CCC21.C1CCC2C(C1)CCC1C3CCCC3CCC21.C1CCC2C(C1)CCC1C3CCCCC3CCC21.C1CCC2CCCC(C1)C2. The molecule has 0 aliphatic heterocycles. The second kappa shape index (κ2) is 47.7. The van der Waals surface area contributed by atoms with Gasteiger partial charge in [-0.15, -0.1) is 0 Å². The Labute approximate surface area is 803 Å². The Morgan fingerprint density at radius 1 is 0.0853 bits per heavy atom. The zero-order chi connectivity index (χ0) is 86.4. The second-order valence-electron chi connectivity index (χ2n) is 56.8. The van der Waals surface area contributed by atoms with Crippen molar-refractivity contribution < 1.29 is 0 Å². The monoisotopic (exact) mass is 1770 g/mol. The maximum atomic E-state index is 1.64. The molecule has 0 amide bonds. The molecule has 34 aliphatic carbocycles. The predicted octanol–water partition coefficient (Wildman–Crippen LogP) is 40.6. The summed E-state index contributed by atoms with van der Waals surface area (Å²) in [6.07, 6.45) is 147.